The van der Waals surface area contributed by atoms with Gasteiger partial charge >= 0.3 is 0 Å². The monoisotopic (exact) mass is 651 g/mol. The maximum atomic E-state index is 6.44. The number of nitrogens with zero attached hydrogens (tertiary/aromatic N) is 1. The van der Waals surface area contributed by atoms with Gasteiger partial charge in [0.25, 0.3) is 0 Å². The average Bonchev–Trinajstić information content (AvgIpc) is 3.14. The zero-order valence-corrected chi connectivity index (χ0v) is 28.5. The molecule has 1 unspecified atom stereocenters. The third kappa shape index (κ3) is 3.85. The summed E-state index contributed by atoms with van der Waals surface area (Å²) >= 11 is 1.93. The molecule has 3 aliphatic rings. The first-order chi connectivity index (χ1) is 23.3. The number of ether oxygens (including phenoxy) is 1. The van der Waals surface area contributed by atoms with E-state index in [-0.39, 0.29) is 0 Å². The van der Waals surface area contributed by atoms with E-state index in [1.54, 1.807) is 10.4 Å². The average molecular weight is 652 g/mol. The minimum absolute atomic E-state index is 0.877. The van der Waals surface area contributed by atoms with E-state index in [0.717, 1.165) is 22.9 Å². The van der Waals surface area contributed by atoms with Crippen molar-refractivity contribution in [2.45, 2.75) is 9.79 Å². The molecule has 0 fully saturated rings. The summed E-state index contributed by atoms with van der Waals surface area (Å²) in [4.78, 5) is 5.17. The molecule has 5 heteroatoms. The van der Waals surface area contributed by atoms with Crippen molar-refractivity contribution in [3.05, 3.63) is 170 Å². The van der Waals surface area contributed by atoms with Gasteiger partial charge in [0.15, 0.2) is 19.6 Å². The van der Waals surface area contributed by atoms with Gasteiger partial charge in [-0.2, -0.15) is 0 Å². The van der Waals surface area contributed by atoms with E-state index in [1.807, 2.05) is 11.8 Å². The first-order valence-corrected chi connectivity index (χ1v) is 20.7. The Morgan fingerprint density at radius 1 is 0.468 bits per heavy atom. The minimum Gasteiger partial charge on any atom is -0.453 e. The van der Waals surface area contributed by atoms with Crippen LogP contribution in [0.3, 0.4) is 0 Å². The Morgan fingerprint density at radius 3 is 1.68 bits per heavy atom. The largest absolute Gasteiger partial charge is 0.453 e. The molecule has 3 aliphatic heterocycles. The quantitative estimate of drug-likeness (QED) is 0.224. The van der Waals surface area contributed by atoms with Crippen molar-refractivity contribution in [1.29, 1.82) is 0 Å². The van der Waals surface area contributed by atoms with Crippen LogP contribution >= 0.6 is 11.8 Å². The van der Waals surface area contributed by atoms with Crippen molar-refractivity contribution < 1.29 is 4.74 Å². The lowest BCUT2D eigenvalue weighted by molar-refractivity contribution is 0.477. The molecule has 222 valence electrons. The predicted octanol–water partition coefficient (Wildman–Crippen LogP) is 5.67. The van der Waals surface area contributed by atoms with Crippen molar-refractivity contribution in [3.63, 3.8) is 0 Å². The van der Waals surface area contributed by atoms with Gasteiger partial charge in [-0.25, -0.2) is 0 Å². The van der Waals surface area contributed by atoms with Crippen molar-refractivity contribution in [2.24, 2.45) is 0 Å². The molecule has 7 aromatic rings. The minimum atomic E-state index is -2.75. The molecule has 3 heterocycles. The van der Waals surface area contributed by atoms with E-state index in [9.17, 15) is 0 Å². The second-order valence-corrected chi connectivity index (χ2v) is 19.9. The zero-order valence-electron chi connectivity index (χ0n) is 25.5. The number of anilines is 3. The van der Waals surface area contributed by atoms with Crippen LogP contribution in [0.25, 0.3) is 0 Å². The van der Waals surface area contributed by atoms with E-state index >= 15 is 0 Å². The van der Waals surface area contributed by atoms with Crippen molar-refractivity contribution >= 4 is 82.0 Å². The lowest BCUT2D eigenvalue weighted by Crippen LogP contribution is -2.87. The Labute approximate surface area is 281 Å². The van der Waals surface area contributed by atoms with Crippen LogP contribution in [0.15, 0.2) is 180 Å². The molecule has 0 saturated carbocycles. The van der Waals surface area contributed by atoms with Crippen LogP contribution in [0.5, 0.6) is 11.5 Å². The summed E-state index contributed by atoms with van der Waals surface area (Å²) in [6.07, 6.45) is 0. The molecule has 0 saturated heterocycles. The summed E-state index contributed by atoms with van der Waals surface area (Å²) < 4.78 is 6.44. The molecule has 1 atom stereocenters. The fourth-order valence-electron chi connectivity index (χ4n) is 8.22. The van der Waals surface area contributed by atoms with Gasteiger partial charge in [0.2, 0.25) is 0 Å². The Kier molecular flexibility index (Phi) is 6.03. The molecule has 0 amide bonds. The first-order valence-electron chi connectivity index (χ1n) is 16.1. The number of benzene rings is 7. The van der Waals surface area contributed by atoms with Gasteiger partial charge < -0.3 is 9.64 Å². The normalized spacial score (nSPS) is 16.1. The maximum absolute atomic E-state index is 6.44. The van der Waals surface area contributed by atoms with Crippen LogP contribution in [-0.2, 0) is 0 Å². The molecule has 0 aliphatic carbocycles. The molecule has 47 heavy (non-hydrogen) atoms. The summed E-state index contributed by atoms with van der Waals surface area (Å²) in [5, 5.41) is 10.6. The summed E-state index contributed by atoms with van der Waals surface area (Å²) in [5.74, 6) is 1.75. The van der Waals surface area contributed by atoms with Gasteiger partial charge in [-0.05, 0) is 69.3 Å². The molecule has 1 spiro atoms. The number of hydrogen-bond acceptors (Lipinski definition) is 3. The lowest BCUT2D eigenvalue weighted by Gasteiger charge is -2.46. The second-order valence-electron chi connectivity index (χ2n) is 12.4. The van der Waals surface area contributed by atoms with Crippen LogP contribution in [-0.4, -0.2) is 16.9 Å². The van der Waals surface area contributed by atoms with Gasteiger partial charge in [-0.1, -0.05) is 149 Å². The Hall–Kier alpha value is -5.08. The Balaban J connectivity index is 1.34. The molecule has 0 bridgehead atoms. The summed E-state index contributed by atoms with van der Waals surface area (Å²) in [6.45, 7) is 0. The number of hydrogen-bond donors (Lipinski definition) is 0. The lowest BCUT2D eigenvalue weighted by atomic mass is 10.1. The first kappa shape index (κ1) is 27.1. The van der Waals surface area contributed by atoms with Crippen molar-refractivity contribution in [2.75, 3.05) is 4.90 Å². The van der Waals surface area contributed by atoms with Crippen LogP contribution in [0.1, 0.15) is 0 Å². The molecule has 0 N–H and O–H groups in total. The van der Waals surface area contributed by atoms with E-state index in [4.69, 9.17) is 4.74 Å². The zero-order chi connectivity index (χ0) is 31.0. The maximum Gasteiger partial charge on any atom is 0.181 e. The van der Waals surface area contributed by atoms with E-state index < -0.39 is 16.9 Å². The second kappa shape index (κ2) is 10.5. The molecule has 0 radical (unpaired) electrons. The molecule has 7 aromatic carbocycles. The number of fused-ring (bicyclic) bond motifs is 10. The highest BCUT2D eigenvalue weighted by atomic mass is 32.2. The van der Waals surface area contributed by atoms with E-state index in [2.05, 4.69) is 175 Å². The van der Waals surface area contributed by atoms with Gasteiger partial charge in [0, 0.05) is 15.5 Å². The van der Waals surface area contributed by atoms with Crippen LogP contribution in [0, 0.1) is 0 Å². The van der Waals surface area contributed by atoms with Crippen LogP contribution in [0.2, 0.25) is 0 Å². The number of para-hydroxylation sites is 4. The molecule has 10 rings (SSSR count). The van der Waals surface area contributed by atoms with Gasteiger partial charge in [0.05, 0.1) is 11.4 Å². The molecular weight excluding hydrogens is 623 g/mol. The topological polar surface area (TPSA) is 12.5 Å². The van der Waals surface area contributed by atoms with Gasteiger partial charge in [-0.15, -0.1) is 0 Å². The summed E-state index contributed by atoms with van der Waals surface area (Å²) in [5.41, 5.74) is 3.30. The summed E-state index contributed by atoms with van der Waals surface area (Å²) in [6, 6.07) is 63.5. The fourth-order valence-corrected chi connectivity index (χ4v) is 20.6. The highest BCUT2D eigenvalue weighted by Gasteiger charge is 2.53. The van der Waals surface area contributed by atoms with Gasteiger partial charge in [0.1, 0.15) is 8.80 Å². The standard InChI is InChI=1S/C42H29NOSSi2/c1-2-14-30(15-3-1)46-37-22-10-13-25-41(37)47(39-23-11-8-20-35(39)45-36-21-9-12-24-40(36)47)42-28-29(26-27-38(42)46)43-31-16-4-6-18-33(31)44-34-19-7-5-17-32(34)43/h1-28,46H. The van der Waals surface area contributed by atoms with Crippen LogP contribution < -0.4 is 45.9 Å². The SMILES string of the molecule is c1ccc([SiH]2c3ccccc3[Si]3(c4ccccc4Sc4ccccc43)c3cc(N4c5ccccc5Oc5ccccc54)ccc32)cc1. The van der Waals surface area contributed by atoms with Crippen molar-refractivity contribution in [1.82, 2.24) is 0 Å². The third-order valence-corrected chi connectivity index (χ3v) is 20.4. The molecule has 0 aromatic heterocycles. The highest BCUT2D eigenvalue weighted by Crippen LogP contribution is 2.50. The van der Waals surface area contributed by atoms with E-state index in [1.165, 1.54) is 41.4 Å². The van der Waals surface area contributed by atoms with Crippen LogP contribution in [0.4, 0.5) is 17.1 Å². The smallest absolute Gasteiger partial charge is 0.181 e. The van der Waals surface area contributed by atoms with Gasteiger partial charge in [-0.3, -0.25) is 0 Å². The Bertz CT molecular complexity index is 2270. The van der Waals surface area contributed by atoms with Crippen molar-refractivity contribution in [3.8, 4) is 11.5 Å². The predicted molar refractivity (Wildman–Crippen MR) is 201 cm³/mol. The molecule has 2 nitrogen and oxygen atoms in total. The summed E-state index contributed by atoms with van der Waals surface area (Å²) in [7, 11) is -4.57. The van der Waals surface area contributed by atoms with E-state index in [0.29, 0.717) is 0 Å². The number of rotatable bonds is 2. The highest BCUT2D eigenvalue weighted by molar-refractivity contribution is 8.00. The third-order valence-electron chi connectivity index (χ3n) is 10.1. The Morgan fingerprint density at radius 2 is 1.00 bits per heavy atom. The molecular formula is C42H29NOSSi2. The fraction of sp³-hybridized carbons (Fsp3) is 0.